The molecule has 6 N–H and O–H groups in total. The Bertz CT molecular complexity index is 5540. The van der Waals surface area contributed by atoms with Gasteiger partial charge in [0.25, 0.3) is 11.8 Å². The third kappa shape index (κ3) is 17.6. The fourth-order valence-corrected chi connectivity index (χ4v) is 15.2. The number of fused-ring (bicyclic) bond motifs is 4. The van der Waals surface area contributed by atoms with Crippen LogP contribution < -0.4 is 29.8 Å². The van der Waals surface area contributed by atoms with Gasteiger partial charge >= 0.3 is 6.18 Å². The van der Waals surface area contributed by atoms with Crippen LogP contribution in [-0.4, -0.2) is 97.1 Å². The van der Waals surface area contributed by atoms with Crippen LogP contribution >= 0.6 is 0 Å². The highest BCUT2D eigenvalue weighted by molar-refractivity contribution is 6.06. The number of aromatic amines is 4. The van der Waals surface area contributed by atoms with Gasteiger partial charge in [0.2, 0.25) is 0 Å². The summed E-state index contributed by atoms with van der Waals surface area (Å²) in [6.45, 7) is 14.7. The molecule has 1 atom stereocenters. The number of carbonyl (C=O) groups is 2. The number of H-pyrrole nitrogens is 4. The van der Waals surface area contributed by atoms with Crippen LogP contribution in [0, 0.1) is 0 Å². The minimum Gasteiger partial charge on any atom is -0.376 e. The highest BCUT2D eigenvalue weighted by Crippen LogP contribution is 2.41. The SMILES string of the molecule is CC(C)(C)c1ccc(CN2CCc3cc(-c4cn[nH]c4)ccc32)cc1.CC(O)(c1ccc(CN2CCc3cc(-c4cn[nH]c4)ccc32)cc1)C(F)(F)F.CN(C(=O)c1ccc(CN2CCc3cc(-c4cn[nH]c4)ccc32)cc1)c1ccccc1.O=C(Nc1ccccc1)c1ccc(CN2CCc3cc(-c4cn[nH]c4)ccc32)cc1. The fourth-order valence-electron chi connectivity index (χ4n) is 15.2. The van der Waals surface area contributed by atoms with E-state index in [0.717, 1.165) is 129 Å². The zero-order valence-corrected chi connectivity index (χ0v) is 64.5. The van der Waals surface area contributed by atoms with E-state index in [4.69, 9.17) is 0 Å². The van der Waals surface area contributed by atoms with Gasteiger partial charge in [0.1, 0.15) is 0 Å². The van der Waals surface area contributed by atoms with Crippen LogP contribution in [-0.2, 0) is 62.9 Å². The average molecular weight is 1520 g/mol. The van der Waals surface area contributed by atoms with Crippen molar-refractivity contribution < 1.29 is 27.9 Å². The highest BCUT2D eigenvalue weighted by atomic mass is 19.4. The van der Waals surface area contributed by atoms with Gasteiger partial charge in [-0.15, -0.1) is 0 Å². The van der Waals surface area contributed by atoms with Gasteiger partial charge in [-0.1, -0.05) is 154 Å². The molecule has 18 rings (SSSR count). The summed E-state index contributed by atoms with van der Waals surface area (Å²) in [6.07, 6.45) is 14.4. The Balaban J connectivity index is 0.000000120. The number of hydrogen-bond donors (Lipinski definition) is 6. The molecule has 0 fully saturated rings. The molecule has 4 aliphatic heterocycles. The van der Waals surface area contributed by atoms with Gasteiger partial charge in [0.15, 0.2) is 5.60 Å². The molecule has 0 saturated carbocycles. The maximum Gasteiger partial charge on any atom is 0.421 e. The number of hydrogen-bond acceptors (Lipinski definition) is 11. The number of benzene rings is 10. The second-order valence-electron chi connectivity index (χ2n) is 30.6. The van der Waals surface area contributed by atoms with Crippen molar-refractivity contribution in [3.05, 3.63) is 347 Å². The number of halogens is 3. The van der Waals surface area contributed by atoms with Gasteiger partial charge < -0.3 is 34.9 Å². The van der Waals surface area contributed by atoms with Crippen molar-refractivity contribution in [2.45, 2.75) is 96.7 Å². The number of amides is 2. The van der Waals surface area contributed by atoms with E-state index in [9.17, 15) is 27.9 Å². The van der Waals surface area contributed by atoms with E-state index in [2.05, 4.69) is 190 Å². The molecule has 8 heterocycles. The summed E-state index contributed by atoms with van der Waals surface area (Å²) < 4.78 is 38.9. The monoisotopic (exact) mass is 1520 g/mol. The second kappa shape index (κ2) is 33.5. The minimum atomic E-state index is -4.71. The Morgan fingerprint density at radius 1 is 0.404 bits per heavy atom. The molecule has 17 nitrogen and oxygen atoms in total. The van der Waals surface area contributed by atoms with Gasteiger partial charge in [0.05, 0.1) is 24.8 Å². The number of nitrogens with zero attached hydrogens (tertiary/aromatic N) is 9. The third-order valence-corrected chi connectivity index (χ3v) is 21.9. The Morgan fingerprint density at radius 3 is 1.04 bits per heavy atom. The molecule has 10 aromatic carbocycles. The summed E-state index contributed by atoms with van der Waals surface area (Å²) in [5.74, 6) is -0.0953. The minimum absolute atomic E-state index is 0.00366. The molecule has 114 heavy (non-hydrogen) atoms. The van der Waals surface area contributed by atoms with Crippen molar-refractivity contribution in [2.75, 3.05) is 63.0 Å². The fraction of sp³-hybridized carbons (Fsp3) is 0.213. The Morgan fingerprint density at radius 2 is 0.719 bits per heavy atom. The topological polar surface area (TPSA) is 197 Å². The first-order valence-corrected chi connectivity index (χ1v) is 38.5. The largest absolute Gasteiger partial charge is 0.421 e. The lowest BCUT2D eigenvalue weighted by Crippen LogP contribution is -2.39. The number of alkyl halides is 3. The molecule has 0 radical (unpaired) electrons. The number of anilines is 6. The number of para-hydroxylation sites is 2. The summed E-state index contributed by atoms with van der Waals surface area (Å²) in [4.78, 5) is 36.4. The van der Waals surface area contributed by atoms with E-state index in [1.807, 2.05) is 154 Å². The summed E-state index contributed by atoms with van der Waals surface area (Å²) in [7, 11) is 1.81. The molecule has 4 aliphatic rings. The van der Waals surface area contributed by atoms with Crippen LogP contribution in [0.5, 0.6) is 0 Å². The highest BCUT2D eigenvalue weighted by Gasteiger charge is 2.51. The first-order valence-electron chi connectivity index (χ1n) is 38.5. The maximum atomic E-state index is 13.0. The van der Waals surface area contributed by atoms with Crippen molar-refractivity contribution >= 4 is 45.9 Å². The Kier molecular flexibility index (Phi) is 22.4. The molecule has 2 amide bonds. The van der Waals surface area contributed by atoms with Gasteiger partial charge in [-0.2, -0.15) is 33.6 Å². The smallest absolute Gasteiger partial charge is 0.376 e. The van der Waals surface area contributed by atoms with Crippen molar-refractivity contribution in [1.29, 1.82) is 0 Å². The van der Waals surface area contributed by atoms with E-state index < -0.39 is 11.8 Å². The van der Waals surface area contributed by atoms with Gasteiger partial charge in [-0.3, -0.25) is 30.0 Å². The average Bonchev–Trinajstić information content (AvgIpc) is 1.80. The van der Waals surface area contributed by atoms with E-state index >= 15 is 0 Å². The van der Waals surface area contributed by atoms with Gasteiger partial charge in [0, 0.05) is 152 Å². The number of carbonyl (C=O) groups excluding carboxylic acids is 2. The molecule has 0 aliphatic carbocycles. The Labute approximate surface area is 662 Å². The van der Waals surface area contributed by atoms with Crippen molar-refractivity contribution in [2.24, 2.45) is 0 Å². The maximum absolute atomic E-state index is 13.0. The van der Waals surface area contributed by atoms with Crippen LogP contribution in [0.25, 0.3) is 44.5 Å². The molecule has 0 spiro atoms. The second-order valence-corrected chi connectivity index (χ2v) is 30.6. The molecule has 4 aromatic heterocycles. The van der Waals surface area contributed by atoms with Crippen LogP contribution in [0.1, 0.15) is 104 Å². The van der Waals surface area contributed by atoms with Crippen LogP contribution in [0.3, 0.4) is 0 Å². The molecule has 1 unspecified atom stereocenters. The molecular weight excluding hydrogens is 1430 g/mol. The summed E-state index contributed by atoms with van der Waals surface area (Å²) in [6, 6.07) is 76.4. The number of aromatic nitrogens is 8. The van der Waals surface area contributed by atoms with Gasteiger partial charge in [-0.05, 0) is 213 Å². The lowest BCUT2D eigenvalue weighted by molar-refractivity contribution is -0.258. The first-order chi connectivity index (χ1) is 55.2. The lowest BCUT2D eigenvalue weighted by atomic mass is 9.87. The summed E-state index contributed by atoms with van der Waals surface area (Å²) in [5.41, 5.74) is 25.9. The molecule has 0 bridgehead atoms. The van der Waals surface area contributed by atoms with Crippen molar-refractivity contribution in [3.63, 3.8) is 0 Å². The molecule has 14 aromatic rings. The predicted octanol–water partition coefficient (Wildman–Crippen LogP) is 19.2. The van der Waals surface area contributed by atoms with E-state index in [-0.39, 0.29) is 22.8 Å². The predicted molar refractivity (Wildman–Crippen MR) is 449 cm³/mol. The normalized spacial score (nSPS) is 13.8. The van der Waals surface area contributed by atoms with Crippen molar-refractivity contribution in [3.8, 4) is 44.5 Å². The lowest BCUT2D eigenvalue weighted by Gasteiger charge is -2.27. The summed E-state index contributed by atoms with van der Waals surface area (Å²) in [5, 5.41) is 40.3. The first kappa shape index (κ1) is 76.3. The van der Waals surface area contributed by atoms with Crippen molar-refractivity contribution in [1.82, 2.24) is 40.8 Å². The molecule has 576 valence electrons. The van der Waals surface area contributed by atoms with Crippen LogP contribution in [0.2, 0.25) is 0 Å². The van der Waals surface area contributed by atoms with E-state index in [1.54, 1.807) is 23.2 Å². The standard InChI is InChI=1S/C26H24N4O.C25H22N4O.C22H25N3.C21H20F3N3O/c1-29(24-5-3-2-4-6-24)26(31)20-9-7-19(8-10-20)18-30-14-13-22-15-21(11-12-25(22)30)23-16-27-28-17-23;30-25(28-23-4-2-1-3-5-23)19-8-6-18(7-9-19)17-29-13-12-21-14-20(10-11-24(21)29)22-15-26-27-16-22;1-22(2,3)20-7-4-16(5-8-20)15-25-11-10-18-12-17(6-9-21(18)25)19-13-23-24-14-19;1-20(28,21(22,23)24)18-5-2-14(3-6-18)13-27-9-8-16-10-15(4-7-19(16)27)17-11-25-26-12-17/h2-12,15-17H,13-14,18H2,1H3,(H,27,28);1-11,14-16H,12-13,17H2,(H,26,27)(H,28,30);4-9,12-14H,10-11,15H2,1-3H3,(H,23,24);2-7,10-12,28H,8-9,13H2,1H3,(H,25,26). The quantitative estimate of drug-likeness (QED) is 0.0507. The summed E-state index contributed by atoms with van der Waals surface area (Å²) >= 11 is 0. The zero-order valence-electron chi connectivity index (χ0n) is 64.5. The number of aliphatic hydroxyl groups is 1. The molecule has 20 heteroatoms. The number of nitrogens with one attached hydrogen (secondary N) is 5. The van der Waals surface area contributed by atoms with E-state index in [0.29, 0.717) is 17.7 Å². The zero-order chi connectivity index (χ0) is 78.9. The van der Waals surface area contributed by atoms with Crippen LogP contribution in [0.4, 0.5) is 47.3 Å². The van der Waals surface area contributed by atoms with Gasteiger partial charge in [-0.25, -0.2) is 0 Å². The number of rotatable bonds is 17. The van der Waals surface area contributed by atoms with E-state index in [1.165, 1.54) is 90.4 Å². The Hall–Kier alpha value is -13.1. The molecular formula is C94H91F3N14O3. The third-order valence-electron chi connectivity index (χ3n) is 21.9. The van der Waals surface area contributed by atoms with Crippen LogP contribution in [0.15, 0.2) is 280 Å². The molecule has 0 saturated heterocycles.